The molecular weight excluding hydrogens is 504 g/mol. The average molecular weight is 535 g/mol. The summed E-state index contributed by atoms with van der Waals surface area (Å²) >= 11 is 0. The van der Waals surface area contributed by atoms with Crippen molar-refractivity contribution in [3.8, 4) is 0 Å². The van der Waals surface area contributed by atoms with Crippen LogP contribution in [0.15, 0.2) is 71.7 Å². The lowest BCUT2D eigenvalue weighted by Crippen LogP contribution is -2.37. The highest BCUT2D eigenvalue weighted by Crippen LogP contribution is 2.22. The van der Waals surface area contributed by atoms with Gasteiger partial charge < -0.3 is 25.1 Å². The predicted octanol–water partition coefficient (Wildman–Crippen LogP) is 2.15. The van der Waals surface area contributed by atoms with Crippen LogP contribution < -0.4 is 16.2 Å². The van der Waals surface area contributed by atoms with E-state index in [0.717, 1.165) is 17.3 Å². The van der Waals surface area contributed by atoms with Crippen molar-refractivity contribution >= 4 is 23.8 Å². The Labute approximate surface area is 224 Å². The van der Waals surface area contributed by atoms with Gasteiger partial charge in [-0.3, -0.25) is 19.2 Å². The lowest BCUT2D eigenvalue weighted by Gasteiger charge is -2.19. The maximum Gasteiger partial charge on any atom is 0.344 e. The number of ether oxygens (including phenoxy) is 2. The number of carbonyl (C=O) groups is 4. The van der Waals surface area contributed by atoms with Crippen LogP contribution in [0.2, 0.25) is 0 Å². The minimum Gasteiger partial charge on any atom is -0.460 e. The van der Waals surface area contributed by atoms with Gasteiger partial charge in [-0.25, -0.2) is 9.78 Å². The second kappa shape index (κ2) is 13.7. The first-order valence-electron chi connectivity index (χ1n) is 12.3. The van der Waals surface area contributed by atoms with Crippen LogP contribution in [-0.2, 0) is 19.1 Å². The molecule has 0 fully saturated rings. The van der Waals surface area contributed by atoms with Crippen LogP contribution in [0.25, 0.3) is 0 Å². The topological polar surface area (TPSA) is 157 Å². The summed E-state index contributed by atoms with van der Waals surface area (Å²) in [5, 5.41) is 5.32. The lowest BCUT2D eigenvalue weighted by atomic mass is 9.98. The summed E-state index contributed by atoms with van der Waals surface area (Å²) in [6, 6.07) is 18.0. The molecule has 2 aromatic carbocycles. The van der Waals surface area contributed by atoms with Crippen LogP contribution in [-0.4, -0.2) is 53.0 Å². The van der Waals surface area contributed by atoms with Gasteiger partial charge in [0.25, 0.3) is 17.4 Å². The minimum atomic E-state index is -0.802. The van der Waals surface area contributed by atoms with E-state index in [9.17, 15) is 24.0 Å². The van der Waals surface area contributed by atoms with Crippen molar-refractivity contribution in [2.45, 2.75) is 32.9 Å². The lowest BCUT2D eigenvalue weighted by molar-refractivity contribution is -0.163. The van der Waals surface area contributed by atoms with Gasteiger partial charge in [0.05, 0.1) is 18.1 Å². The Morgan fingerprint density at radius 2 is 1.49 bits per heavy atom. The van der Waals surface area contributed by atoms with Gasteiger partial charge in [-0.1, -0.05) is 67.6 Å². The van der Waals surface area contributed by atoms with Crippen molar-refractivity contribution < 1.29 is 28.7 Å². The molecule has 0 bridgehead atoms. The van der Waals surface area contributed by atoms with Gasteiger partial charge in [0.15, 0.2) is 12.4 Å². The Hall–Kier alpha value is -4.80. The molecule has 11 nitrogen and oxygen atoms in total. The van der Waals surface area contributed by atoms with Crippen molar-refractivity contribution in [1.29, 1.82) is 0 Å². The molecule has 0 radical (unpaired) electrons. The van der Waals surface area contributed by atoms with Gasteiger partial charge >= 0.3 is 11.9 Å². The van der Waals surface area contributed by atoms with E-state index < -0.39 is 47.9 Å². The van der Waals surface area contributed by atoms with Gasteiger partial charge in [0.1, 0.15) is 5.56 Å². The molecule has 0 saturated heterocycles. The fourth-order valence-corrected chi connectivity index (χ4v) is 3.51. The van der Waals surface area contributed by atoms with E-state index in [2.05, 4.69) is 20.6 Å². The molecule has 11 heteroatoms. The van der Waals surface area contributed by atoms with Gasteiger partial charge in [-0.2, -0.15) is 0 Å². The summed E-state index contributed by atoms with van der Waals surface area (Å²) in [7, 11) is 0. The number of aromatic nitrogens is 2. The zero-order chi connectivity index (χ0) is 28.4. The summed E-state index contributed by atoms with van der Waals surface area (Å²) in [5.74, 6) is -3.94. The second-order valence-corrected chi connectivity index (χ2v) is 8.96. The first kappa shape index (κ1) is 28.8. The molecule has 1 aromatic heterocycles. The van der Waals surface area contributed by atoms with Crippen molar-refractivity contribution in [3.05, 3.63) is 99.7 Å². The molecular formula is C28H30N4O7. The number of aromatic amines is 1. The van der Waals surface area contributed by atoms with Crippen molar-refractivity contribution in [2.24, 2.45) is 5.92 Å². The maximum absolute atomic E-state index is 13.0. The number of nitrogens with zero attached hydrogens (tertiary/aromatic N) is 1. The van der Waals surface area contributed by atoms with E-state index >= 15 is 0 Å². The Kier molecular flexibility index (Phi) is 10.1. The van der Waals surface area contributed by atoms with E-state index in [-0.39, 0.29) is 24.0 Å². The number of hydrogen-bond acceptors (Lipinski definition) is 8. The summed E-state index contributed by atoms with van der Waals surface area (Å²) in [5.41, 5.74) is 0.570. The first-order valence-corrected chi connectivity index (χ1v) is 12.3. The van der Waals surface area contributed by atoms with Gasteiger partial charge in [-0.15, -0.1) is 0 Å². The van der Waals surface area contributed by atoms with Crippen LogP contribution >= 0.6 is 0 Å². The highest BCUT2D eigenvalue weighted by molar-refractivity contribution is 5.95. The molecule has 39 heavy (non-hydrogen) atoms. The second-order valence-electron chi connectivity index (χ2n) is 8.96. The highest BCUT2D eigenvalue weighted by atomic mass is 16.6. The normalized spacial score (nSPS) is 11.5. The van der Waals surface area contributed by atoms with Crippen LogP contribution in [0.3, 0.4) is 0 Å². The molecule has 1 atom stereocenters. The van der Waals surface area contributed by atoms with Crippen LogP contribution in [0, 0.1) is 5.92 Å². The van der Waals surface area contributed by atoms with Gasteiger partial charge in [0, 0.05) is 12.7 Å². The number of hydrogen-bond donors (Lipinski definition) is 3. The van der Waals surface area contributed by atoms with Crippen molar-refractivity contribution in [3.63, 3.8) is 0 Å². The third-order valence-electron chi connectivity index (χ3n) is 5.47. The van der Waals surface area contributed by atoms with Crippen LogP contribution in [0.5, 0.6) is 0 Å². The van der Waals surface area contributed by atoms with E-state index in [4.69, 9.17) is 9.47 Å². The summed E-state index contributed by atoms with van der Waals surface area (Å²) in [6.45, 7) is 4.15. The largest absolute Gasteiger partial charge is 0.460 e. The van der Waals surface area contributed by atoms with Gasteiger partial charge in [0.2, 0.25) is 0 Å². The summed E-state index contributed by atoms with van der Waals surface area (Å²) in [4.78, 5) is 67.9. The standard InChI is InChI=1S/C28H30N4O7/c1-17(2)39-22(33)16-38-28(37)18(3)14-30-27(36)24-29-15-21(26(35)32-24)25(34)31-23(19-10-6-4-7-11-19)20-12-8-5-9-13-20/h4-13,15,17-18,23H,14,16H2,1-3H3,(H,30,36)(H,31,34)(H,29,32,35). The Morgan fingerprint density at radius 3 is 2.03 bits per heavy atom. The SMILES string of the molecule is CC(C)OC(=O)COC(=O)C(C)CNC(=O)c1ncc(C(=O)NC(c2ccccc2)c2ccccc2)c(=O)[nH]1. The van der Waals surface area contributed by atoms with Gasteiger partial charge in [-0.05, 0) is 25.0 Å². The summed E-state index contributed by atoms with van der Waals surface area (Å²) in [6.07, 6.45) is 0.683. The molecule has 3 rings (SSSR count). The van der Waals surface area contributed by atoms with Crippen LogP contribution in [0.4, 0.5) is 0 Å². The number of carbonyl (C=O) groups excluding carboxylic acids is 4. The number of amides is 2. The predicted molar refractivity (Wildman–Crippen MR) is 141 cm³/mol. The number of nitrogens with one attached hydrogen (secondary N) is 3. The van der Waals surface area contributed by atoms with E-state index in [1.165, 1.54) is 6.92 Å². The molecule has 1 heterocycles. The third kappa shape index (κ3) is 8.35. The first-order chi connectivity index (χ1) is 18.7. The Balaban J connectivity index is 1.61. The van der Waals surface area contributed by atoms with Crippen LogP contribution in [0.1, 0.15) is 58.9 Å². The third-order valence-corrected chi connectivity index (χ3v) is 5.47. The minimum absolute atomic E-state index is 0.140. The number of H-pyrrole nitrogens is 1. The Bertz CT molecular complexity index is 1320. The molecule has 0 aliphatic rings. The smallest absolute Gasteiger partial charge is 0.344 e. The quantitative estimate of drug-likeness (QED) is 0.316. The van der Waals surface area contributed by atoms with E-state index in [1.54, 1.807) is 13.8 Å². The number of rotatable bonds is 11. The molecule has 3 aromatic rings. The summed E-state index contributed by atoms with van der Waals surface area (Å²) < 4.78 is 9.76. The molecule has 2 amide bonds. The molecule has 0 aliphatic heterocycles. The van der Waals surface area contributed by atoms with Crippen molar-refractivity contribution in [1.82, 2.24) is 20.6 Å². The molecule has 204 valence electrons. The number of esters is 2. The highest BCUT2D eigenvalue weighted by Gasteiger charge is 2.22. The Morgan fingerprint density at radius 1 is 0.897 bits per heavy atom. The molecule has 0 aliphatic carbocycles. The zero-order valence-corrected chi connectivity index (χ0v) is 21.8. The zero-order valence-electron chi connectivity index (χ0n) is 21.8. The van der Waals surface area contributed by atoms with E-state index in [1.807, 2.05) is 60.7 Å². The average Bonchev–Trinajstić information content (AvgIpc) is 2.93. The molecule has 1 unspecified atom stereocenters. The monoisotopic (exact) mass is 534 g/mol. The molecule has 0 spiro atoms. The number of benzene rings is 2. The fourth-order valence-electron chi connectivity index (χ4n) is 3.51. The molecule has 0 saturated carbocycles. The van der Waals surface area contributed by atoms with E-state index in [0.29, 0.717) is 0 Å². The maximum atomic E-state index is 13.0. The fraction of sp³-hybridized carbons (Fsp3) is 0.286. The van der Waals surface area contributed by atoms with Crippen molar-refractivity contribution in [2.75, 3.05) is 13.2 Å². The molecule has 3 N–H and O–H groups in total.